The maximum atomic E-state index is 11.5. The number of nitrogens with zero attached hydrogens (tertiary/aromatic N) is 1. The smallest absolute Gasteiger partial charge is 0.375 e. The van der Waals surface area contributed by atoms with Gasteiger partial charge in [-0.15, -0.1) is 0 Å². The molecule has 1 aromatic rings. The first-order chi connectivity index (χ1) is 8.40. The summed E-state index contributed by atoms with van der Waals surface area (Å²) in [5, 5.41) is 10.4. The van der Waals surface area contributed by atoms with Gasteiger partial charge < -0.3 is 4.74 Å². The van der Waals surface area contributed by atoms with Crippen molar-refractivity contribution in [2.75, 3.05) is 0 Å². The van der Waals surface area contributed by atoms with Crippen LogP contribution in [0.3, 0.4) is 0 Å². The second-order valence-corrected chi connectivity index (χ2v) is 3.98. The molecule has 0 heterocycles. The molecule has 0 aromatic heterocycles. The molecule has 6 nitrogen and oxygen atoms in total. The summed E-state index contributed by atoms with van der Waals surface area (Å²) in [4.78, 5) is 32.6. The molecule has 0 bridgehead atoms. The van der Waals surface area contributed by atoms with Gasteiger partial charge in [-0.2, -0.15) is 0 Å². The van der Waals surface area contributed by atoms with E-state index in [1.165, 1.54) is 24.3 Å². The molecule has 0 N–H and O–H groups in total. The highest BCUT2D eigenvalue weighted by molar-refractivity contribution is 6.34. The molecule has 0 saturated heterocycles. The molecule has 0 aliphatic rings. The number of rotatable bonds is 5. The summed E-state index contributed by atoms with van der Waals surface area (Å²) in [7, 11) is 0. The third-order valence-corrected chi connectivity index (χ3v) is 2.08. The van der Waals surface area contributed by atoms with Crippen molar-refractivity contribution in [1.29, 1.82) is 0 Å². The summed E-state index contributed by atoms with van der Waals surface area (Å²) < 4.78 is 4.75. The van der Waals surface area contributed by atoms with Gasteiger partial charge in [0.05, 0.1) is 11.0 Å². The molecule has 0 aliphatic carbocycles. The van der Waals surface area contributed by atoms with Crippen LogP contribution in [0.1, 0.15) is 19.4 Å². The zero-order valence-corrected chi connectivity index (χ0v) is 10.1. The van der Waals surface area contributed by atoms with E-state index in [4.69, 9.17) is 4.74 Å². The van der Waals surface area contributed by atoms with E-state index in [2.05, 4.69) is 0 Å². The molecule has 96 valence electrons. The molecule has 0 atom stereocenters. The summed E-state index contributed by atoms with van der Waals surface area (Å²) in [6.45, 7) is 3.30. The maximum Gasteiger partial charge on any atom is 0.375 e. The summed E-state index contributed by atoms with van der Waals surface area (Å²) in [5.74, 6) is -1.55. The van der Waals surface area contributed by atoms with E-state index in [-0.39, 0.29) is 18.2 Å². The van der Waals surface area contributed by atoms with E-state index in [1.54, 1.807) is 13.8 Å². The number of carbonyl (C=O) groups is 2. The number of hydrogen-bond donors (Lipinski definition) is 0. The van der Waals surface area contributed by atoms with Crippen molar-refractivity contribution in [2.45, 2.75) is 26.4 Å². The number of nitro benzene ring substituents is 1. The Morgan fingerprint density at radius 2 is 1.83 bits per heavy atom. The van der Waals surface area contributed by atoms with Crippen molar-refractivity contribution < 1.29 is 19.2 Å². The van der Waals surface area contributed by atoms with Crippen LogP contribution in [0.25, 0.3) is 0 Å². The number of non-ortho nitro benzene ring substituents is 1. The Morgan fingerprint density at radius 3 is 2.28 bits per heavy atom. The molecule has 1 rings (SSSR count). The molecule has 0 aliphatic heterocycles. The fraction of sp³-hybridized carbons (Fsp3) is 0.333. The standard InChI is InChI=1S/C12H13NO5/c1-8(2)18-12(15)11(14)7-9-3-5-10(6-4-9)13(16)17/h3-6,8H,7H2,1-2H3. The Morgan fingerprint density at radius 1 is 1.28 bits per heavy atom. The number of hydrogen-bond acceptors (Lipinski definition) is 5. The lowest BCUT2D eigenvalue weighted by Crippen LogP contribution is -2.22. The average molecular weight is 251 g/mol. The van der Waals surface area contributed by atoms with Gasteiger partial charge in [0.1, 0.15) is 0 Å². The Hall–Kier alpha value is -2.24. The molecular weight excluding hydrogens is 238 g/mol. The lowest BCUT2D eigenvalue weighted by Gasteiger charge is -2.06. The highest BCUT2D eigenvalue weighted by atomic mass is 16.6. The van der Waals surface area contributed by atoms with Gasteiger partial charge in [0.2, 0.25) is 5.78 Å². The number of carbonyl (C=O) groups excluding carboxylic acids is 2. The maximum absolute atomic E-state index is 11.5. The molecule has 0 amide bonds. The van der Waals surface area contributed by atoms with Gasteiger partial charge in [-0.1, -0.05) is 12.1 Å². The van der Waals surface area contributed by atoms with E-state index in [9.17, 15) is 19.7 Å². The van der Waals surface area contributed by atoms with Gasteiger partial charge in [-0.3, -0.25) is 14.9 Å². The molecule has 0 fully saturated rings. The Labute approximate surface area is 104 Å². The number of ketones is 1. The number of esters is 1. The molecule has 1 aromatic carbocycles. The fourth-order valence-electron chi connectivity index (χ4n) is 1.27. The topological polar surface area (TPSA) is 86.5 Å². The summed E-state index contributed by atoms with van der Waals surface area (Å²) >= 11 is 0. The van der Waals surface area contributed by atoms with E-state index in [0.29, 0.717) is 5.56 Å². The van der Waals surface area contributed by atoms with Crippen molar-refractivity contribution in [3.63, 3.8) is 0 Å². The zero-order valence-electron chi connectivity index (χ0n) is 10.1. The van der Waals surface area contributed by atoms with Crippen LogP contribution in [0.5, 0.6) is 0 Å². The highest BCUT2D eigenvalue weighted by Gasteiger charge is 2.17. The second kappa shape index (κ2) is 5.90. The summed E-state index contributed by atoms with van der Waals surface area (Å²) in [6, 6.07) is 5.46. The molecule has 0 radical (unpaired) electrons. The fourth-order valence-corrected chi connectivity index (χ4v) is 1.27. The molecule has 0 saturated carbocycles. The number of benzene rings is 1. The third kappa shape index (κ3) is 3.97. The van der Waals surface area contributed by atoms with Crippen LogP contribution in [0.4, 0.5) is 5.69 Å². The van der Waals surface area contributed by atoms with Crippen LogP contribution in [0.2, 0.25) is 0 Å². The Kier molecular flexibility index (Phi) is 4.53. The van der Waals surface area contributed by atoms with Crippen molar-refractivity contribution in [3.05, 3.63) is 39.9 Å². The predicted molar refractivity (Wildman–Crippen MR) is 63.0 cm³/mol. The van der Waals surface area contributed by atoms with Crippen molar-refractivity contribution in [3.8, 4) is 0 Å². The highest BCUT2D eigenvalue weighted by Crippen LogP contribution is 2.12. The molecule has 18 heavy (non-hydrogen) atoms. The second-order valence-electron chi connectivity index (χ2n) is 3.98. The average Bonchev–Trinajstić information content (AvgIpc) is 2.28. The normalized spacial score (nSPS) is 10.2. The quantitative estimate of drug-likeness (QED) is 0.344. The van der Waals surface area contributed by atoms with Gasteiger partial charge in [0.25, 0.3) is 5.69 Å². The van der Waals surface area contributed by atoms with E-state index in [0.717, 1.165) is 0 Å². The Balaban J connectivity index is 2.65. The molecule has 6 heteroatoms. The minimum absolute atomic E-state index is 0.0593. The SMILES string of the molecule is CC(C)OC(=O)C(=O)Cc1ccc([N+](=O)[O-])cc1. The van der Waals surface area contributed by atoms with Crippen molar-refractivity contribution in [1.82, 2.24) is 0 Å². The Bertz CT molecular complexity index is 464. The van der Waals surface area contributed by atoms with Crippen LogP contribution >= 0.6 is 0 Å². The largest absolute Gasteiger partial charge is 0.457 e. The first-order valence-electron chi connectivity index (χ1n) is 5.37. The van der Waals surface area contributed by atoms with Gasteiger partial charge in [-0.25, -0.2) is 4.79 Å². The zero-order chi connectivity index (χ0) is 13.7. The number of ether oxygens (including phenoxy) is 1. The van der Waals surface area contributed by atoms with Gasteiger partial charge in [0.15, 0.2) is 0 Å². The minimum atomic E-state index is -0.886. The molecule has 0 unspecified atom stereocenters. The van der Waals surface area contributed by atoms with E-state index in [1.807, 2.05) is 0 Å². The van der Waals surface area contributed by atoms with E-state index < -0.39 is 16.7 Å². The predicted octanol–water partition coefficient (Wildman–Crippen LogP) is 1.66. The minimum Gasteiger partial charge on any atom is -0.457 e. The summed E-state index contributed by atoms with van der Waals surface area (Å²) in [5.41, 5.74) is 0.474. The van der Waals surface area contributed by atoms with Crippen molar-refractivity contribution >= 4 is 17.4 Å². The van der Waals surface area contributed by atoms with Crippen LogP contribution in [-0.4, -0.2) is 22.8 Å². The lowest BCUT2D eigenvalue weighted by atomic mass is 10.1. The van der Waals surface area contributed by atoms with Crippen LogP contribution < -0.4 is 0 Å². The van der Waals surface area contributed by atoms with E-state index >= 15 is 0 Å². The first-order valence-corrected chi connectivity index (χ1v) is 5.37. The van der Waals surface area contributed by atoms with Gasteiger partial charge >= 0.3 is 5.97 Å². The van der Waals surface area contributed by atoms with Crippen LogP contribution in [0.15, 0.2) is 24.3 Å². The number of Topliss-reactive ketones (excluding diaryl/α,β-unsaturated/α-hetero) is 1. The first kappa shape index (κ1) is 13.8. The van der Waals surface area contributed by atoms with Gasteiger partial charge in [0, 0.05) is 18.6 Å². The van der Waals surface area contributed by atoms with Crippen LogP contribution in [-0.2, 0) is 20.7 Å². The third-order valence-electron chi connectivity index (χ3n) is 2.08. The molecule has 0 spiro atoms. The van der Waals surface area contributed by atoms with Crippen molar-refractivity contribution in [2.24, 2.45) is 0 Å². The lowest BCUT2D eigenvalue weighted by molar-refractivity contribution is -0.384. The molecular formula is C12H13NO5. The number of nitro groups is 1. The monoisotopic (exact) mass is 251 g/mol. The van der Waals surface area contributed by atoms with Gasteiger partial charge in [-0.05, 0) is 19.4 Å². The summed E-state index contributed by atoms with van der Waals surface area (Å²) in [6.07, 6.45) is -0.470. The van der Waals surface area contributed by atoms with Crippen LogP contribution in [0, 0.1) is 10.1 Å².